The molecule has 0 aliphatic carbocycles. The van der Waals surface area contributed by atoms with Gasteiger partial charge in [-0.25, -0.2) is 4.39 Å². The van der Waals surface area contributed by atoms with Crippen LogP contribution in [0.2, 0.25) is 0 Å². The Morgan fingerprint density at radius 1 is 1.47 bits per heavy atom. The van der Waals surface area contributed by atoms with Crippen LogP contribution < -0.4 is 15.4 Å². The van der Waals surface area contributed by atoms with Crippen molar-refractivity contribution in [2.24, 2.45) is 0 Å². The lowest BCUT2D eigenvalue weighted by Crippen LogP contribution is -2.45. The second-order valence-corrected chi connectivity index (χ2v) is 4.68. The fourth-order valence-corrected chi connectivity index (χ4v) is 1.63. The summed E-state index contributed by atoms with van der Waals surface area (Å²) in [5.74, 6) is -1.41. The molecule has 7 heteroatoms. The number of rotatable bonds is 5. The molecule has 2 N–H and O–H groups in total. The normalized spacial score (nSPS) is 11.6. The lowest BCUT2D eigenvalue weighted by Gasteiger charge is -2.13. The van der Waals surface area contributed by atoms with E-state index >= 15 is 0 Å². The molecule has 0 aromatic heterocycles. The lowest BCUT2D eigenvalue weighted by atomic mass is 10.3. The molecule has 1 aromatic carbocycles. The minimum atomic E-state index is -0.670. The molecule has 19 heavy (non-hydrogen) atoms. The Morgan fingerprint density at radius 2 is 2.16 bits per heavy atom. The fourth-order valence-electron chi connectivity index (χ4n) is 1.30. The van der Waals surface area contributed by atoms with Crippen LogP contribution in [0.5, 0.6) is 5.75 Å². The van der Waals surface area contributed by atoms with Crippen molar-refractivity contribution in [2.75, 3.05) is 13.7 Å². The molecule has 0 bridgehead atoms. The third kappa shape index (κ3) is 4.86. The Labute approximate surface area is 118 Å². The average Bonchev–Trinajstić information content (AvgIpc) is 2.36. The zero-order valence-electron chi connectivity index (χ0n) is 10.5. The summed E-state index contributed by atoms with van der Waals surface area (Å²) in [4.78, 5) is 22.7. The lowest BCUT2D eigenvalue weighted by molar-refractivity contribution is -0.129. The van der Waals surface area contributed by atoms with Crippen LogP contribution in [0, 0.1) is 5.82 Å². The number of hydrogen-bond acceptors (Lipinski definition) is 3. The summed E-state index contributed by atoms with van der Waals surface area (Å²) in [6.45, 7) is 1.18. The number of hydrogen-bond donors (Lipinski definition) is 2. The van der Waals surface area contributed by atoms with Crippen LogP contribution in [0.3, 0.4) is 0 Å². The third-order valence-electron chi connectivity index (χ3n) is 2.27. The van der Waals surface area contributed by atoms with Gasteiger partial charge in [-0.3, -0.25) is 9.59 Å². The molecule has 104 valence electrons. The molecule has 5 nitrogen and oxygen atoms in total. The first-order valence-electron chi connectivity index (χ1n) is 5.53. The molecule has 2 amide bonds. The van der Waals surface area contributed by atoms with Crippen LogP contribution in [0.4, 0.5) is 4.39 Å². The second kappa shape index (κ2) is 7.08. The van der Waals surface area contributed by atoms with Crippen LogP contribution in [0.25, 0.3) is 0 Å². The van der Waals surface area contributed by atoms with E-state index in [4.69, 9.17) is 4.74 Å². The smallest absolute Gasteiger partial charge is 0.258 e. The van der Waals surface area contributed by atoms with Gasteiger partial charge in [0.2, 0.25) is 5.91 Å². The Morgan fingerprint density at radius 3 is 2.74 bits per heavy atom. The molecule has 1 rings (SSSR count). The molecule has 0 radical (unpaired) electrons. The Kier molecular flexibility index (Phi) is 5.75. The Hall–Kier alpha value is -1.63. The summed E-state index contributed by atoms with van der Waals surface area (Å²) in [5.41, 5.74) is 0. The van der Waals surface area contributed by atoms with Gasteiger partial charge in [0, 0.05) is 11.5 Å². The summed E-state index contributed by atoms with van der Waals surface area (Å²) < 4.78 is 19.0. The molecule has 0 spiro atoms. The van der Waals surface area contributed by atoms with Crippen LogP contribution in [0.1, 0.15) is 6.92 Å². The van der Waals surface area contributed by atoms with Gasteiger partial charge in [-0.15, -0.1) is 0 Å². The second-order valence-electron chi connectivity index (χ2n) is 3.77. The predicted molar refractivity (Wildman–Crippen MR) is 71.3 cm³/mol. The molecule has 0 unspecified atom stereocenters. The molecule has 0 aliphatic rings. The van der Waals surface area contributed by atoms with E-state index in [9.17, 15) is 14.0 Å². The Balaban J connectivity index is 2.48. The van der Waals surface area contributed by atoms with Crippen molar-refractivity contribution in [2.45, 2.75) is 13.0 Å². The van der Waals surface area contributed by atoms with Gasteiger partial charge >= 0.3 is 0 Å². The summed E-state index contributed by atoms with van der Waals surface area (Å²) >= 11 is 3.11. The zero-order valence-corrected chi connectivity index (χ0v) is 12.1. The van der Waals surface area contributed by atoms with E-state index in [-0.39, 0.29) is 18.3 Å². The number of likely N-dealkylation sites (N-methyl/N-ethyl adjacent to an activating group) is 1. The highest BCUT2D eigenvalue weighted by atomic mass is 79.9. The number of carbonyl (C=O) groups excluding carboxylic acids is 2. The SMILES string of the molecule is CNC(=O)[C@@H](C)NC(=O)COc1ccc(Br)cc1F. The highest BCUT2D eigenvalue weighted by molar-refractivity contribution is 9.10. The van der Waals surface area contributed by atoms with E-state index in [1.807, 2.05) is 0 Å². The van der Waals surface area contributed by atoms with Gasteiger partial charge in [-0.2, -0.15) is 0 Å². The summed E-state index contributed by atoms with van der Waals surface area (Å²) in [7, 11) is 1.47. The van der Waals surface area contributed by atoms with Crippen LogP contribution in [-0.2, 0) is 9.59 Å². The molecule has 1 atom stereocenters. The van der Waals surface area contributed by atoms with E-state index in [1.54, 1.807) is 6.07 Å². The molecule has 0 saturated carbocycles. The number of benzene rings is 1. The van der Waals surface area contributed by atoms with Gasteiger partial charge in [0.25, 0.3) is 5.91 Å². The summed E-state index contributed by atoms with van der Waals surface area (Å²) in [6.07, 6.45) is 0. The van der Waals surface area contributed by atoms with Crippen molar-refractivity contribution < 1.29 is 18.7 Å². The van der Waals surface area contributed by atoms with Gasteiger partial charge < -0.3 is 15.4 Å². The summed E-state index contributed by atoms with van der Waals surface area (Å²) in [5, 5.41) is 4.82. The highest BCUT2D eigenvalue weighted by Gasteiger charge is 2.14. The standard InChI is InChI=1S/C12H14BrFN2O3/c1-7(12(18)15-2)16-11(17)6-19-10-4-3-8(13)5-9(10)14/h3-5,7H,6H2,1-2H3,(H,15,18)(H,16,17)/t7-/m1/s1. The van der Waals surface area contributed by atoms with Crippen molar-refractivity contribution >= 4 is 27.7 Å². The summed E-state index contributed by atoms with van der Waals surface area (Å²) in [6, 6.07) is 3.58. The van der Waals surface area contributed by atoms with E-state index in [2.05, 4.69) is 26.6 Å². The molecule has 0 fully saturated rings. The largest absolute Gasteiger partial charge is 0.481 e. The number of ether oxygens (including phenoxy) is 1. The van der Waals surface area contributed by atoms with Crippen LogP contribution >= 0.6 is 15.9 Å². The number of nitrogens with one attached hydrogen (secondary N) is 2. The number of carbonyl (C=O) groups is 2. The quantitative estimate of drug-likeness (QED) is 0.851. The average molecular weight is 333 g/mol. The van der Waals surface area contributed by atoms with Crippen molar-refractivity contribution in [1.29, 1.82) is 0 Å². The van der Waals surface area contributed by atoms with Gasteiger partial charge in [-0.05, 0) is 25.1 Å². The van der Waals surface area contributed by atoms with E-state index in [1.165, 1.54) is 26.1 Å². The number of amides is 2. The van der Waals surface area contributed by atoms with Gasteiger partial charge in [0.1, 0.15) is 6.04 Å². The van der Waals surface area contributed by atoms with Crippen LogP contribution in [-0.4, -0.2) is 31.5 Å². The molecular weight excluding hydrogens is 319 g/mol. The van der Waals surface area contributed by atoms with Gasteiger partial charge in [0.15, 0.2) is 18.2 Å². The van der Waals surface area contributed by atoms with Crippen molar-refractivity contribution in [1.82, 2.24) is 10.6 Å². The first-order valence-corrected chi connectivity index (χ1v) is 6.32. The maximum absolute atomic E-state index is 13.4. The molecule has 1 aromatic rings. The minimum absolute atomic E-state index is 0.0223. The van der Waals surface area contributed by atoms with Crippen molar-refractivity contribution in [3.63, 3.8) is 0 Å². The molecule has 0 saturated heterocycles. The maximum atomic E-state index is 13.4. The van der Waals surface area contributed by atoms with Gasteiger partial charge in [0.05, 0.1) is 0 Å². The third-order valence-corrected chi connectivity index (χ3v) is 2.76. The van der Waals surface area contributed by atoms with E-state index in [0.717, 1.165) is 0 Å². The first kappa shape index (κ1) is 15.4. The van der Waals surface area contributed by atoms with E-state index in [0.29, 0.717) is 4.47 Å². The fraction of sp³-hybridized carbons (Fsp3) is 0.333. The zero-order chi connectivity index (χ0) is 14.4. The highest BCUT2D eigenvalue weighted by Crippen LogP contribution is 2.21. The topological polar surface area (TPSA) is 67.4 Å². The maximum Gasteiger partial charge on any atom is 0.258 e. The van der Waals surface area contributed by atoms with Crippen molar-refractivity contribution in [3.05, 3.63) is 28.5 Å². The van der Waals surface area contributed by atoms with Gasteiger partial charge in [-0.1, -0.05) is 15.9 Å². The first-order chi connectivity index (χ1) is 8.93. The van der Waals surface area contributed by atoms with E-state index < -0.39 is 17.8 Å². The minimum Gasteiger partial charge on any atom is -0.481 e. The van der Waals surface area contributed by atoms with Crippen molar-refractivity contribution in [3.8, 4) is 5.75 Å². The monoisotopic (exact) mass is 332 g/mol. The molecule has 0 heterocycles. The van der Waals surface area contributed by atoms with Crippen LogP contribution in [0.15, 0.2) is 22.7 Å². The molecule has 0 aliphatic heterocycles. The number of halogens is 2. The predicted octanol–water partition coefficient (Wildman–Crippen LogP) is 1.22. The Bertz CT molecular complexity index is 482. The molecular formula is C12H14BrFN2O3.